The average molecular weight is 172 g/mol. The first-order valence-corrected chi connectivity index (χ1v) is 6.04. The third-order valence-electron chi connectivity index (χ3n) is 2.80. The quantitative estimate of drug-likeness (QED) is 0.538. The first kappa shape index (κ1) is 9.44. The Morgan fingerprint density at radius 1 is 1.00 bits per heavy atom. The lowest BCUT2D eigenvalue weighted by Crippen LogP contribution is -2.09. The van der Waals surface area contributed by atoms with E-state index in [1.54, 1.807) is 0 Å². The van der Waals surface area contributed by atoms with Gasteiger partial charge in [0, 0.05) is 0 Å². The Morgan fingerprint density at radius 3 is 2.64 bits per heavy atom. The van der Waals surface area contributed by atoms with E-state index in [0.717, 1.165) is 11.8 Å². The second-order valence-corrected chi connectivity index (χ2v) is 5.03. The lowest BCUT2D eigenvalue weighted by atomic mass is 9.92. The van der Waals surface area contributed by atoms with Crippen LogP contribution in [0.2, 0.25) is 0 Å². The average Bonchev–Trinajstić information content (AvgIpc) is 2.07. The summed E-state index contributed by atoms with van der Waals surface area (Å²) in [5.74, 6) is 4.69. The Bertz CT molecular complexity index is 89.0. The van der Waals surface area contributed by atoms with Crippen LogP contribution in [-0.4, -0.2) is 11.5 Å². The summed E-state index contributed by atoms with van der Waals surface area (Å²) in [6.45, 7) is 4.82. The fourth-order valence-corrected chi connectivity index (χ4v) is 2.84. The van der Waals surface area contributed by atoms with Crippen molar-refractivity contribution in [2.75, 3.05) is 11.5 Å². The lowest BCUT2D eigenvalue weighted by molar-refractivity contribution is 0.386. The molecule has 0 saturated carbocycles. The Balaban J connectivity index is 2.29. The summed E-state index contributed by atoms with van der Waals surface area (Å²) >= 11 is 2.15. The molecule has 1 saturated heterocycles. The van der Waals surface area contributed by atoms with E-state index >= 15 is 0 Å². The highest BCUT2D eigenvalue weighted by molar-refractivity contribution is 7.99. The molecule has 0 aromatic heterocycles. The van der Waals surface area contributed by atoms with Crippen LogP contribution in [0.15, 0.2) is 0 Å². The molecule has 0 spiro atoms. The van der Waals surface area contributed by atoms with Crippen molar-refractivity contribution in [3.05, 3.63) is 0 Å². The van der Waals surface area contributed by atoms with Crippen molar-refractivity contribution >= 4 is 11.8 Å². The predicted octanol–water partition coefficient (Wildman–Crippen LogP) is 3.57. The topological polar surface area (TPSA) is 0 Å². The molecule has 0 radical (unpaired) electrons. The standard InChI is InChI=1S/C10H20S/c1-9-6-4-3-5-7-11-8-10(9)2/h9-10H,3-8H2,1-2H3. The van der Waals surface area contributed by atoms with Gasteiger partial charge in [0.05, 0.1) is 0 Å². The van der Waals surface area contributed by atoms with Gasteiger partial charge < -0.3 is 0 Å². The molecule has 1 aliphatic heterocycles. The van der Waals surface area contributed by atoms with Crippen LogP contribution >= 0.6 is 11.8 Å². The lowest BCUT2D eigenvalue weighted by Gasteiger charge is -2.17. The number of hydrogen-bond acceptors (Lipinski definition) is 1. The molecular formula is C10H20S. The normalized spacial score (nSPS) is 35.5. The molecule has 0 bridgehead atoms. The molecule has 0 aromatic rings. The van der Waals surface area contributed by atoms with Gasteiger partial charge in [-0.1, -0.05) is 33.1 Å². The fraction of sp³-hybridized carbons (Fsp3) is 1.00. The molecule has 0 N–H and O–H groups in total. The second kappa shape index (κ2) is 5.08. The van der Waals surface area contributed by atoms with Crippen LogP contribution < -0.4 is 0 Å². The predicted molar refractivity (Wildman–Crippen MR) is 54.1 cm³/mol. The maximum atomic E-state index is 2.41. The van der Waals surface area contributed by atoms with Crippen LogP contribution in [0.25, 0.3) is 0 Å². The van der Waals surface area contributed by atoms with Gasteiger partial charge in [-0.05, 0) is 29.8 Å². The van der Waals surface area contributed by atoms with E-state index in [1.807, 2.05) is 0 Å². The summed E-state index contributed by atoms with van der Waals surface area (Å²) in [5, 5.41) is 0. The van der Waals surface area contributed by atoms with Crippen molar-refractivity contribution in [2.45, 2.75) is 39.5 Å². The molecule has 66 valence electrons. The molecule has 1 fully saturated rings. The molecule has 1 heterocycles. The zero-order valence-corrected chi connectivity index (χ0v) is 8.62. The van der Waals surface area contributed by atoms with Crippen LogP contribution in [0.3, 0.4) is 0 Å². The second-order valence-electron chi connectivity index (χ2n) is 3.88. The molecule has 0 aliphatic carbocycles. The Morgan fingerprint density at radius 2 is 1.82 bits per heavy atom. The van der Waals surface area contributed by atoms with E-state index in [0.29, 0.717) is 0 Å². The maximum absolute atomic E-state index is 2.41. The van der Waals surface area contributed by atoms with Crippen LogP contribution in [-0.2, 0) is 0 Å². The monoisotopic (exact) mass is 172 g/mol. The van der Waals surface area contributed by atoms with Gasteiger partial charge in [-0.3, -0.25) is 0 Å². The zero-order valence-electron chi connectivity index (χ0n) is 7.81. The molecule has 1 heteroatoms. The first-order valence-electron chi connectivity index (χ1n) is 4.88. The molecule has 2 unspecified atom stereocenters. The van der Waals surface area contributed by atoms with E-state index in [2.05, 4.69) is 25.6 Å². The Kier molecular flexibility index (Phi) is 4.36. The smallest absolute Gasteiger partial charge is 0.00392 e. The minimum Gasteiger partial charge on any atom is -0.162 e. The Hall–Kier alpha value is 0.350. The molecule has 1 rings (SSSR count). The fourth-order valence-electron chi connectivity index (χ4n) is 1.57. The van der Waals surface area contributed by atoms with E-state index in [9.17, 15) is 0 Å². The first-order chi connectivity index (χ1) is 5.30. The third kappa shape index (κ3) is 3.50. The summed E-state index contributed by atoms with van der Waals surface area (Å²) in [5.41, 5.74) is 0. The van der Waals surface area contributed by atoms with Gasteiger partial charge in [-0.25, -0.2) is 0 Å². The van der Waals surface area contributed by atoms with E-state index in [4.69, 9.17) is 0 Å². The van der Waals surface area contributed by atoms with Crippen molar-refractivity contribution in [1.29, 1.82) is 0 Å². The maximum Gasteiger partial charge on any atom is -0.00392 e. The van der Waals surface area contributed by atoms with E-state index < -0.39 is 0 Å². The zero-order chi connectivity index (χ0) is 8.10. The van der Waals surface area contributed by atoms with Crippen LogP contribution in [0.5, 0.6) is 0 Å². The van der Waals surface area contributed by atoms with Crippen molar-refractivity contribution in [3.63, 3.8) is 0 Å². The SMILES string of the molecule is CC1CCCCCSCC1C. The molecule has 0 amide bonds. The minimum absolute atomic E-state index is 0.943. The van der Waals surface area contributed by atoms with Gasteiger partial charge in [-0.15, -0.1) is 0 Å². The van der Waals surface area contributed by atoms with Crippen LogP contribution in [0.4, 0.5) is 0 Å². The van der Waals surface area contributed by atoms with E-state index in [-0.39, 0.29) is 0 Å². The largest absolute Gasteiger partial charge is 0.162 e. The van der Waals surface area contributed by atoms with Crippen molar-refractivity contribution < 1.29 is 0 Å². The van der Waals surface area contributed by atoms with E-state index in [1.165, 1.54) is 37.2 Å². The number of hydrogen-bond donors (Lipinski definition) is 0. The van der Waals surface area contributed by atoms with Crippen molar-refractivity contribution in [2.24, 2.45) is 11.8 Å². The van der Waals surface area contributed by atoms with Crippen molar-refractivity contribution in [3.8, 4) is 0 Å². The highest BCUT2D eigenvalue weighted by atomic mass is 32.2. The number of rotatable bonds is 0. The van der Waals surface area contributed by atoms with Gasteiger partial charge >= 0.3 is 0 Å². The number of thioether (sulfide) groups is 1. The van der Waals surface area contributed by atoms with Gasteiger partial charge in [0.15, 0.2) is 0 Å². The summed E-state index contributed by atoms with van der Waals surface area (Å²) in [6, 6.07) is 0. The Labute approximate surface area is 75.1 Å². The highest BCUT2D eigenvalue weighted by Crippen LogP contribution is 2.25. The molecule has 2 atom stereocenters. The van der Waals surface area contributed by atoms with Gasteiger partial charge in [-0.2, -0.15) is 11.8 Å². The van der Waals surface area contributed by atoms with Gasteiger partial charge in [0.1, 0.15) is 0 Å². The van der Waals surface area contributed by atoms with Crippen LogP contribution in [0, 0.1) is 11.8 Å². The summed E-state index contributed by atoms with van der Waals surface area (Å²) < 4.78 is 0. The molecular weight excluding hydrogens is 152 g/mol. The summed E-state index contributed by atoms with van der Waals surface area (Å²) in [4.78, 5) is 0. The molecule has 11 heavy (non-hydrogen) atoms. The minimum atomic E-state index is 0.943. The highest BCUT2D eigenvalue weighted by Gasteiger charge is 2.13. The third-order valence-corrected chi connectivity index (χ3v) is 4.14. The molecule has 0 aromatic carbocycles. The van der Waals surface area contributed by atoms with Gasteiger partial charge in [0.25, 0.3) is 0 Å². The van der Waals surface area contributed by atoms with Gasteiger partial charge in [0.2, 0.25) is 0 Å². The van der Waals surface area contributed by atoms with Crippen LogP contribution in [0.1, 0.15) is 39.5 Å². The van der Waals surface area contributed by atoms with Crippen molar-refractivity contribution in [1.82, 2.24) is 0 Å². The molecule has 0 nitrogen and oxygen atoms in total. The molecule has 1 aliphatic rings. The summed E-state index contributed by atoms with van der Waals surface area (Å²) in [7, 11) is 0. The summed E-state index contributed by atoms with van der Waals surface area (Å²) in [6.07, 6.45) is 5.84.